The van der Waals surface area contributed by atoms with Crippen molar-refractivity contribution in [3.63, 3.8) is 0 Å². The van der Waals surface area contributed by atoms with Crippen molar-refractivity contribution in [2.45, 2.75) is 57.9 Å². The van der Waals surface area contributed by atoms with E-state index in [1.165, 1.54) is 31.4 Å². The van der Waals surface area contributed by atoms with Crippen LogP contribution < -0.4 is 5.32 Å². The van der Waals surface area contributed by atoms with Crippen LogP contribution in [0, 0.1) is 6.92 Å². The lowest BCUT2D eigenvalue weighted by Gasteiger charge is -2.15. The lowest BCUT2D eigenvalue weighted by Crippen LogP contribution is -2.20. The Labute approximate surface area is 132 Å². The topological polar surface area (TPSA) is 50.7 Å². The fourth-order valence-electron chi connectivity index (χ4n) is 3.19. The minimum Gasteiger partial charge on any atom is -0.351 e. The smallest absolute Gasteiger partial charge is 0.223 e. The molecule has 1 aliphatic rings. The molecule has 0 spiro atoms. The summed E-state index contributed by atoms with van der Waals surface area (Å²) in [5.41, 5.74) is 3.35. The molecule has 0 aromatic carbocycles. The first-order valence-corrected chi connectivity index (χ1v) is 8.23. The van der Waals surface area contributed by atoms with E-state index in [4.69, 9.17) is 4.98 Å². The summed E-state index contributed by atoms with van der Waals surface area (Å²) in [6, 6.07) is 8.47. The Balaban J connectivity index is 1.63. The molecule has 1 atom stereocenters. The molecule has 0 saturated heterocycles. The summed E-state index contributed by atoms with van der Waals surface area (Å²) in [6.07, 6.45) is 7.93. The first kappa shape index (κ1) is 14.9. The maximum atomic E-state index is 4.71. The van der Waals surface area contributed by atoms with Gasteiger partial charge in [0.05, 0.1) is 0 Å². The fraction of sp³-hybridized carbons (Fsp3) is 0.500. The maximum absolute atomic E-state index is 4.71. The summed E-state index contributed by atoms with van der Waals surface area (Å²) in [6.45, 7) is 4.17. The van der Waals surface area contributed by atoms with E-state index in [0.29, 0.717) is 5.92 Å². The minimum atomic E-state index is 0.258. The molecule has 1 unspecified atom stereocenters. The van der Waals surface area contributed by atoms with Gasteiger partial charge < -0.3 is 5.32 Å². The van der Waals surface area contributed by atoms with Gasteiger partial charge in [0, 0.05) is 41.7 Å². The zero-order chi connectivity index (χ0) is 15.4. The number of anilines is 1. The van der Waals surface area contributed by atoms with Gasteiger partial charge in [0.15, 0.2) is 0 Å². The van der Waals surface area contributed by atoms with E-state index in [0.717, 1.165) is 23.8 Å². The third kappa shape index (κ3) is 3.81. The Bertz CT molecular complexity index is 620. The maximum Gasteiger partial charge on any atom is 0.223 e. The van der Waals surface area contributed by atoms with Gasteiger partial charge in [-0.25, -0.2) is 9.97 Å². The predicted octanol–water partition coefficient (Wildman–Crippen LogP) is 3.88. The van der Waals surface area contributed by atoms with Gasteiger partial charge in [-0.05, 0) is 44.9 Å². The molecule has 22 heavy (non-hydrogen) atoms. The van der Waals surface area contributed by atoms with Crippen molar-refractivity contribution in [2.24, 2.45) is 0 Å². The third-order valence-corrected chi connectivity index (χ3v) is 4.29. The van der Waals surface area contributed by atoms with Crippen molar-refractivity contribution < 1.29 is 0 Å². The Kier molecular flexibility index (Phi) is 4.66. The Morgan fingerprint density at radius 1 is 1.18 bits per heavy atom. The molecule has 1 fully saturated rings. The number of aromatic nitrogens is 3. The average molecular weight is 296 g/mol. The molecule has 2 aromatic heterocycles. The number of hydrogen-bond donors (Lipinski definition) is 1. The van der Waals surface area contributed by atoms with Gasteiger partial charge in [0.25, 0.3) is 0 Å². The van der Waals surface area contributed by atoms with Crippen LogP contribution in [0.3, 0.4) is 0 Å². The van der Waals surface area contributed by atoms with E-state index < -0.39 is 0 Å². The lowest BCUT2D eigenvalue weighted by atomic mass is 10.0. The van der Waals surface area contributed by atoms with Gasteiger partial charge in [0.1, 0.15) is 0 Å². The summed E-state index contributed by atoms with van der Waals surface area (Å²) < 4.78 is 0. The number of hydrogen-bond acceptors (Lipinski definition) is 4. The van der Waals surface area contributed by atoms with Gasteiger partial charge in [-0.3, -0.25) is 4.98 Å². The molecular weight excluding hydrogens is 272 g/mol. The van der Waals surface area contributed by atoms with Crippen LogP contribution in [0.4, 0.5) is 5.95 Å². The highest BCUT2D eigenvalue weighted by molar-refractivity contribution is 5.28. The molecule has 1 aliphatic carbocycles. The molecule has 2 aromatic rings. The fourth-order valence-corrected chi connectivity index (χ4v) is 3.19. The first-order valence-electron chi connectivity index (χ1n) is 8.23. The quantitative estimate of drug-likeness (QED) is 0.909. The number of aryl methyl sites for hydroxylation is 1. The number of nitrogens with one attached hydrogen (secondary N) is 1. The van der Waals surface area contributed by atoms with Crippen LogP contribution in [-0.4, -0.2) is 21.0 Å². The number of pyridine rings is 1. The van der Waals surface area contributed by atoms with Crippen molar-refractivity contribution in [1.82, 2.24) is 15.0 Å². The van der Waals surface area contributed by atoms with E-state index in [1.807, 2.05) is 19.2 Å². The predicted molar refractivity (Wildman–Crippen MR) is 89.0 cm³/mol. The van der Waals surface area contributed by atoms with Gasteiger partial charge in [-0.1, -0.05) is 18.9 Å². The van der Waals surface area contributed by atoms with Crippen LogP contribution in [0.5, 0.6) is 0 Å². The highest BCUT2D eigenvalue weighted by Gasteiger charge is 2.19. The van der Waals surface area contributed by atoms with Crippen LogP contribution in [0.2, 0.25) is 0 Å². The second-order valence-electron chi connectivity index (χ2n) is 6.31. The number of nitrogens with zero attached hydrogens (tertiary/aromatic N) is 3. The van der Waals surface area contributed by atoms with Gasteiger partial charge in [-0.2, -0.15) is 0 Å². The van der Waals surface area contributed by atoms with E-state index in [1.54, 1.807) is 0 Å². The summed E-state index contributed by atoms with van der Waals surface area (Å²) in [5, 5.41) is 3.41. The van der Waals surface area contributed by atoms with E-state index in [-0.39, 0.29) is 6.04 Å². The molecule has 4 heteroatoms. The molecule has 0 amide bonds. The summed E-state index contributed by atoms with van der Waals surface area (Å²) in [4.78, 5) is 13.6. The van der Waals surface area contributed by atoms with Crippen LogP contribution >= 0.6 is 0 Å². The van der Waals surface area contributed by atoms with Gasteiger partial charge >= 0.3 is 0 Å². The molecule has 1 N–H and O–H groups in total. The van der Waals surface area contributed by atoms with Crippen molar-refractivity contribution in [3.05, 3.63) is 47.5 Å². The summed E-state index contributed by atoms with van der Waals surface area (Å²) >= 11 is 0. The van der Waals surface area contributed by atoms with Gasteiger partial charge in [-0.15, -0.1) is 0 Å². The number of rotatable bonds is 5. The van der Waals surface area contributed by atoms with Crippen molar-refractivity contribution in [2.75, 3.05) is 5.32 Å². The van der Waals surface area contributed by atoms with Crippen LogP contribution in [0.15, 0.2) is 30.5 Å². The first-order chi connectivity index (χ1) is 10.7. The molecule has 4 nitrogen and oxygen atoms in total. The average Bonchev–Trinajstić information content (AvgIpc) is 3.01. The monoisotopic (exact) mass is 296 g/mol. The second kappa shape index (κ2) is 6.86. The Morgan fingerprint density at radius 2 is 2.00 bits per heavy atom. The molecule has 0 radical (unpaired) electrons. The molecule has 3 rings (SSSR count). The zero-order valence-corrected chi connectivity index (χ0v) is 13.4. The standard InChI is InChI=1S/C18H24N4/c1-13-6-5-9-16(20-13)12-14(2)21-18-19-11-10-17(22-18)15-7-3-4-8-15/h5-6,9-11,14-15H,3-4,7-8,12H2,1-2H3,(H,19,21,22). The third-order valence-electron chi connectivity index (χ3n) is 4.29. The van der Waals surface area contributed by atoms with Crippen LogP contribution in [0.1, 0.15) is 55.6 Å². The van der Waals surface area contributed by atoms with Gasteiger partial charge in [0.2, 0.25) is 5.95 Å². The second-order valence-corrected chi connectivity index (χ2v) is 6.31. The molecular formula is C18H24N4. The Hall–Kier alpha value is -1.97. The van der Waals surface area contributed by atoms with E-state index in [2.05, 4.69) is 40.4 Å². The molecule has 1 saturated carbocycles. The highest BCUT2D eigenvalue weighted by atomic mass is 15.1. The Morgan fingerprint density at radius 3 is 2.77 bits per heavy atom. The summed E-state index contributed by atoms with van der Waals surface area (Å²) in [5.74, 6) is 1.36. The van der Waals surface area contributed by atoms with Crippen molar-refractivity contribution >= 4 is 5.95 Å². The van der Waals surface area contributed by atoms with Crippen LogP contribution in [0.25, 0.3) is 0 Å². The summed E-state index contributed by atoms with van der Waals surface area (Å²) in [7, 11) is 0. The molecule has 0 aliphatic heterocycles. The van der Waals surface area contributed by atoms with E-state index >= 15 is 0 Å². The van der Waals surface area contributed by atoms with E-state index in [9.17, 15) is 0 Å². The minimum absolute atomic E-state index is 0.258. The molecule has 2 heterocycles. The van der Waals surface area contributed by atoms with Crippen molar-refractivity contribution in [3.8, 4) is 0 Å². The largest absolute Gasteiger partial charge is 0.351 e. The SMILES string of the molecule is Cc1cccc(CC(C)Nc2nccc(C3CCCC3)n2)n1. The zero-order valence-electron chi connectivity index (χ0n) is 13.4. The molecule has 0 bridgehead atoms. The van der Waals surface area contributed by atoms with Crippen LogP contribution in [-0.2, 0) is 6.42 Å². The lowest BCUT2D eigenvalue weighted by molar-refractivity contribution is 0.689. The highest BCUT2D eigenvalue weighted by Crippen LogP contribution is 2.33. The molecule has 116 valence electrons. The van der Waals surface area contributed by atoms with Crippen molar-refractivity contribution in [1.29, 1.82) is 0 Å². The normalized spacial score (nSPS) is 16.6.